The van der Waals surface area contributed by atoms with Crippen LogP contribution in [0.2, 0.25) is 0 Å². The first-order valence-electron chi connectivity index (χ1n) is 11.2. The summed E-state index contributed by atoms with van der Waals surface area (Å²) in [5.74, 6) is -1.74. The molecule has 1 amide bonds. The molecule has 8 nitrogen and oxygen atoms in total. The van der Waals surface area contributed by atoms with E-state index in [1.54, 1.807) is 36.4 Å². The molecule has 3 N–H and O–H groups in total. The van der Waals surface area contributed by atoms with Crippen molar-refractivity contribution < 1.29 is 13.6 Å². The zero-order valence-corrected chi connectivity index (χ0v) is 19.5. The van der Waals surface area contributed by atoms with Gasteiger partial charge in [0.2, 0.25) is 0 Å². The normalized spacial score (nSPS) is 11.5. The Kier molecular flexibility index (Phi) is 5.71. The molecule has 0 unspecified atom stereocenters. The highest BCUT2D eigenvalue weighted by molar-refractivity contribution is 5.98. The number of imidazole rings is 1. The van der Waals surface area contributed by atoms with Crippen molar-refractivity contribution in [2.45, 2.75) is 26.4 Å². The van der Waals surface area contributed by atoms with E-state index in [0.717, 1.165) is 6.07 Å². The summed E-state index contributed by atoms with van der Waals surface area (Å²) in [6.07, 6.45) is 4.54. The van der Waals surface area contributed by atoms with Crippen LogP contribution in [0.4, 0.5) is 14.6 Å². The standard InChI is InChI=1S/C26H22F2N6O2/c1-14(2)33(12-16-6-5-15(8-19(16)27)17-4-3-7-31-25(17)35)26(36)18-9-22-21(10-20(18)28)32-24(29)23-11-30-13-34(22)23/h3-11,13-14H,12H2,1-2H3,(H2,29,32)(H,31,35). The van der Waals surface area contributed by atoms with Gasteiger partial charge in [0.25, 0.3) is 11.5 Å². The summed E-state index contributed by atoms with van der Waals surface area (Å²) < 4.78 is 31.8. The SMILES string of the molecule is CC(C)N(Cc1ccc(-c2ccc[nH]c2=O)cc1F)C(=O)c1cc2c(cc1F)nc(N)c1cncn12. The van der Waals surface area contributed by atoms with Crippen molar-refractivity contribution in [1.29, 1.82) is 0 Å². The number of rotatable bonds is 5. The lowest BCUT2D eigenvalue weighted by molar-refractivity contribution is 0.0684. The summed E-state index contributed by atoms with van der Waals surface area (Å²) in [6, 6.07) is 9.86. The van der Waals surface area contributed by atoms with Crippen LogP contribution in [0.1, 0.15) is 29.8 Å². The van der Waals surface area contributed by atoms with E-state index >= 15 is 8.78 Å². The van der Waals surface area contributed by atoms with Crippen molar-refractivity contribution >= 4 is 28.3 Å². The quantitative estimate of drug-likeness (QED) is 0.386. The van der Waals surface area contributed by atoms with Crippen molar-refractivity contribution in [2.24, 2.45) is 0 Å². The third-order valence-electron chi connectivity index (χ3n) is 6.10. The number of pyridine rings is 1. The number of carbonyl (C=O) groups excluding carboxylic acids is 1. The second kappa shape index (κ2) is 8.88. The van der Waals surface area contributed by atoms with Crippen molar-refractivity contribution in [1.82, 2.24) is 24.3 Å². The van der Waals surface area contributed by atoms with Gasteiger partial charge in [-0.15, -0.1) is 0 Å². The highest BCUT2D eigenvalue weighted by Gasteiger charge is 2.25. The Balaban J connectivity index is 1.51. The molecule has 2 aromatic carbocycles. The van der Waals surface area contributed by atoms with Gasteiger partial charge in [0, 0.05) is 36.0 Å². The van der Waals surface area contributed by atoms with E-state index in [1.165, 1.54) is 41.8 Å². The minimum atomic E-state index is -0.761. The van der Waals surface area contributed by atoms with Gasteiger partial charge in [-0.2, -0.15) is 0 Å². The number of nitrogens with zero attached hydrogens (tertiary/aromatic N) is 4. The lowest BCUT2D eigenvalue weighted by atomic mass is 10.0. The molecule has 5 aromatic rings. The molecule has 0 fully saturated rings. The molecule has 0 saturated carbocycles. The number of nitrogen functional groups attached to an aromatic ring is 1. The molecule has 0 aliphatic carbocycles. The van der Waals surface area contributed by atoms with E-state index in [0.29, 0.717) is 22.2 Å². The Hall–Kier alpha value is -4.60. The lowest BCUT2D eigenvalue weighted by Crippen LogP contribution is -2.37. The number of hydrogen-bond donors (Lipinski definition) is 2. The number of aromatic nitrogens is 4. The van der Waals surface area contributed by atoms with E-state index in [1.807, 2.05) is 0 Å². The summed E-state index contributed by atoms with van der Waals surface area (Å²) >= 11 is 0. The van der Waals surface area contributed by atoms with Crippen LogP contribution in [0.25, 0.3) is 27.7 Å². The van der Waals surface area contributed by atoms with Gasteiger partial charge in [-0.25, -0.2) is 18.7 Å². The Morgan fingerprint density at radius 3 is 2.67 bits per heavy atom. The first-order valence-corrected chi connectivity index (χ1v) is 11.2. The number of amides is 1. The van der Waals surface area contributed by atoms with Gasteiger partial charge in [0.15, 0.2) is 0 Å². The maximum absolute atomic E-state index is 15.1. The minimum absolute atomic E-state index is 0.0916. The van der Waals surface area contributed by atoms with Crippen LogP contribution in [0.3, 0.4) is 0 Å². The third-order valence-corrected chi connectivity index (χ3v) is 6.10. The molecule has 0 atom stereocenters. The molecule has 36 heavy (non-hydrogen) atoms. The highest BCUT2D eigenvalue weighted by atomic mass is 19.1. The van der Waals surface area contributed by atoms with Gasteiger partial charge in [-0.3, -0.25) is 14.0 Å². The van der Waals surface area contributed by atoms with Gasteiger partial charge in [-0.05, 0) is 43.7 Å². The maximum atomic E-state index is 15.1. The average molecular weight is 488 g/mol. The number of nitrogens with two attached hydrogens (primary N) is 1. The van der Waals surface area contributed by atoms with E-state index in [4.69, 9.17) is 5.73 Å². The second-order valence-corrected chi connectivity index (χ2v) is 8.71. The Bertz CT molecular complexity index is 1690. The van der Waals surface area contributed by atoms with Crippen LogP contribution in [0.15, 0.2) is 66.0 Å². The number of H-pyrrole nitrogens is 1. The minimum Gasteiger partial charge on any atom is -0.382 e. The first-order chi connectivity index (χ1) is 17.2. The number of halogens is 2. The topological polar surface area (TPSA) is 109 Å². The summed E-state index contributed by atoms with van der Waals surface area (Å²) in [7, 11) is 0. The number of aromatic amines is 1. The summed E-state index contributed by atoms with van der Waals surface area (Å²) in [5.41, 5.74) is 7.69. The zero-order valence-electron chi connectivity index (χ0n) is 19.5. The van der Waals surface area contributed by atoms with Crippen LogP contribution >= 0.6 is 0 Å². The summed E-state index contributed by atoms with van der Waals surface area (Å²) in [4.78, 5) is 37.8. The monoisotopic (exact) mass is 488 g/mol. The lowest BCUT2D eigenvalue weighted by Gasteiger charge is -2.27. The van der Waals surface area contributed by atoms with Gasteiger partial charge < -0.3 is 15.6 Å². The average Bonchev–Trinajstić information content (AvgIpc) is 3.34. The van der Waals surface area contributed by atoms with Gasteiger partial charge in [0.1, 0.15) is 23.0 Å². The van der Waals surface area contributed by atoms with Gasteiger partial charge in [0.05, 0.1) is 29.1 Å². The van der Waals surface area contributed by atoms with Crippen LogP contribution in [0.5, 0.6) is 0 Å². The van der Waals surface area contributed by atoms with Crippen LogP contribution < -0.4 is 11.3 Å². The smallest absolute Gasteiger partial charge is 0.257 e. The van der Waals surface area contributed by atoms with E-state index < -0.39 is 17.5 Å². The molecule has 0 aliphatic rings. The van der Waals surface area contributed by atoms with E-state index in [9.17, 15) is 9.59 Å². The Morgan fingerprint density at radius 1 is 1.14 bits per heavy atom. The number of hydrogen-bond acceptors (Lipinski definition) is 5. The van der Waals surface area contributed by atoms with E-state index in [-0.39, 0.29) is 40.6 Å². The molecular weight excluding hydrogens is 466 g/mol. The molecule has 0 bridgehead atoms. The fourth-order valence-electron chi connectivity index (χ4n) is 4.18. The Labute approximate surface area is 204 Å². The third kappa shape index (κ3) is 3.96. The Morgan fingerprint density at radius 2 is 1.94 bits per heavy atom. The summed E-state index contributed by atoms with van der Waals surface area (Å²) in [6.45, 7) is 3.44. The van der Waals surface area contributed by atoms with Crippen molar-refractivity contribution in [3.8, 4) is 11.1 Å². The van der Waals surface area contributed by atoms with E-state index in [2.05, 4.69) is 15.0 Å². The number of anilines is 1. The van der Waals surface area contributed by atoms with Crippen LogP contribution in [-0.2, 0) is 6.54 Å². The molecule has 0 radical (unpaired) electrons. The first kappa shape index (κ1) is 23.2. The molecule has 10 heteroatoms. The van der Waals surface area contributed by atoms with Crippen LogP contribution in [-0.4, -0.2) is 36.2 Å². The number of benzene rings is 2. The largest absolute Gasteiger partial charge is 0.382 e. The second-order valence-electron chi connectivity index (χ2n) is 8.71. The molecule has 0 aliphatic heterocycles. The maximum Gasteiger partial charge on any atom is 0.257 e. The number of fused-ring (bicyclic) bond motifs is 3. The molecule has 0 spiro atoms. The van der Waals surface area contributed by atoms with Crippen molar-refractivity contribution in [3.05, 3.63) is 94.3 Å². The number of carbonyl (C=O) groups is 1. The molecule has 0 saturated heterocycles. The fourth-order valence-corrected chi connectivity index (χ4v) is 4.18. The molecule has 3 heterocycles. The van der Waals surface area contributed by atoms with Crippen molar-refractivity contribution in [2.75, 3.05) is 5.73 Å². The van der Waals surface area contributed by atoms with Crippen LogP contribution in [0, 0.1) is 11.6 Å². The fraction of sp³-hybridized carbons (Fsp3) is 0.154. The zero-order chi connectivity index (χ0) is 25.6. The van der Waals surface area contributed by atoms with Crippen molar-refractivity contribution in [3.63, 3.8) is 0 Å². The molecule has 5 rings (SSSR count). The van der Waals surface area contributed by atoms with Gasteiger partial charge in [-0.1, -0.05) is 12.1 Å². The molecule has 3 aromatic heterocycles. The predicted molar refractivity (Wildman–Crippen MR) is 132 cm³/mol. The summed E-state index contributed by atoms with van der Waals surface area (Å²) in [5, 5.41) is 0. The highest BCUT2D eigenvalue weighted by Crippen LogP contribution is 2.26. The molecular formula is C26H22F2N6O2. The van der Waals surface area contributed by atoms with Gasteiger partial charge >= 0.3 is 0 Å². The predicted octanol–water partition coefficient (Wildman–Crippen LogP) is 4.15. The number of nitrogens with one attached hydrogen (secondary N) is 1. The molecule has 182 valence electrons.